The number of halogens is 1. The van der Waals surface area contributed by atoms with Crippen LogP contribution in [0.5, 0.6) is 0 Å². The summed E-state index contributed by atoms with van der Waals surface area (Å²) in [5.74, 6) is 0. The summed E-state index contributed by atoms with van der Waals surface area (Å²) in [4.78, 5) is 0. The van der Waals surface area contributed by atoms with Gasteiger partial charge in [-0.1, -0.05) is 13.8 Å². The molecule has 0 aromatic heterocycles. The summed E-state index contributed by atoms with van der Waals surface area (Å²) in [6, 6.07) is 0. The van der Waals surface area contributed by atoms with Crippen molar-refractivity contribution in [1.29, 1.82) is 0 Å². The zero-order valence-electron chi connectivity index (χ0n) is 9.00. The van der Waals surface area contributed by atoms with E-state index in [1.54, 1.807) is 6.92 Å². The van der Waals surface area contributed by atoms with Gasteiger partial charge in [0.25, 0.3) is 0 Å². The summed E-state index contributed by atoms with van der Waals surface area (Å²) in [5, 5.41) is 3.22. The van der Waals surface area contributed by atoms with Crippen LogP contribution in [0.15, 0.2) is 0 Å². The molecule has 1 nitrogen and oxygen atoms in total. The lowest BCUT2D eigenvalue weighted by Gasteiger charge is -2.29. The van der Waals surface area contributed by atoms with Crippen molar-refractivity contribution in [2.45, 2.75) is 58.7 Å². The summed E-state index contributed by atoms with van der Waals surface area (Å²) in [7, 11) is 0. The first-order valence-electron chi connectivity index (χ1n) is 4.77. The van der Waals surface area contributed by atoms with Gasteiger partial charge >= 0.3 is 0 Å². The van der Waals surface area contributed by atoms with Crippen LogP contribution in [0, 0.1) is 0 Å². The fraction of sp³-hybridized carbons (Fsp3) is 1.00. The van der Waals surface area contributed by atoms with E-state index in [0.717, 1.165) is 6.42 Å². The summed E-state index contributed by atoms with van der Waals surface area (Å²) < 4.78 is 13.4. The minimum Gasteiger partial charge on any atom is -0.309 e. The average molecular weight is 175 g/mol. The van der Waals surface area contributed by atoms with E-state index in [0.29, 0.717) is 13.0 Å². The quantitative estimate of drug-likeness (QED) is 0.677. The molecule has 0 aliphatic carbocycles. The van der Waals surface area contributed by atoms with Gasteiger partial charge in [0.2, 0.25) is 0 Å². The van der Waals surface area contributed by atoms with Crippen molar-refractivity contribution in [3.8, 4) is 0 Å². The Balaban J connectivity index is 3.82. The molecule has 2 heteroatoms. The van der Waals surface area contributed by atoms with Gasteiger partial charge in [-0.05, 0) is 33.6 Å². The monoisotopic (exact) mass is 175 g/mol. The zero-order chi connectivity index (χ0) is 9.83. The molecule has 1 N–H and O–H groups in total. The number of rotatable bonds is 5. The minimum atomic E-state index is -1.06. The molecule has 0 aliphatic heterocycles. The van der Waals surface area contributed by atoms with E-state index in [9.17, 15) is 4.39 Å². The maximum atomic E-state index is 13.4. The largest absolute Gasteiger partial charge is 0.309 e. The van der Waals surface area contributed by atoms with Crippen molar-refractivity contribution in [2.24, 2.45) is 0 Å². The van der Waals surface area contributed by atoms with Crippen molar-refractivity contribution < 1.29 is 4.39 Å². The molecule has 74 valence electrons. The predicted octanol–water partition coefficient (Wildman–Crippen LogP) is 2.90. The van der Waals surface area contributed by atoms with Crippen LogP contribution in [0.1, 0.15) is 47.5 Å². The second-order valence-electron chi connectivity index (χ2n) is 4.36. The first-order chi connectivity index (χ1) is 5.33. The third-order valence-corrected chi connectivity index (χ3v) is 2.56. The van der Waals surface area contributed by atoms with Gasteiger partial charge in [-0.15, -0.1) is 0 Å². The highest BCUT2D eigenvalue weighted by Gasteiger charge is 2.23. The molecule has 0 spiro atoms. The number of hydrogen-bond acceptors (Lipinski definition) is 1. The fourth-order valence-corrected chi connectivity index (χ4v) is 0.674. The molecule has 0 aromatic carbocycles. The molecule has 0 saturated heterocycles. The molecular weight excluding hydrogens is 153 g/mol. The molecule has 0 aliphatic rings. The molecule has 0 radical (unpaired) electrons. The standard InChI is InChI=1S/C10H22FN/c1-6-9(3,4)12-8-10(5,11)7-2/h12H,6-8H2,1-5H3. The lowest BCUT2D eigenvalue weighted by atomic mass is 9.99. The molecule has 0 rings (SSSR count). The number of hydrogen-bond donors (Lipinski definition) is 1. The topological polar surface area (TPSA) is 12.0 Å². The van der Waals surface area contributed by atoms with Gasteiger partial charge in [0, 0.05) is 12.1 Å². The molecule has 0 saturated carbocycles. The van der Waals surface area contributed by atoms with Crippen LogP contribution in [0.2, 0.25) is 0 Å². The Morgan fingerprint density at radius 3 is 1.92 bits per heavy atom. The highest BCUT2D eigenvalue weighted by molar-refractivity contribution is 4.82. The number of alkyl halides is 1. The third kappa shape index (κ3) is 4.70. The maximum absolute atomic E-state index is 13.4. The van der Waals surface area contributed by atoms with Crippen LogP contribution in [0.3, 0.4) is 0 Å². The fourth-order valence-electron chi connectivity index (χ4n) is 0.674. The molecule has 1 unspecified atom stereocenters. The van der Waals surface area contributed by atoms with Crippen LogP contribution >= 0.6 is 0 Å². The summed E-state index contributed by atoms with van der Waals surface area (Å²) in [6.45, 7) is 10.3. The van der Waals surface area contributed by atoms with Crippen molar-refractivity contribution in [3.63, 3.8) is 0 Å². The van der Waals surface area contributed by atoms with E-state index in [1.165, 1.54) is 0 Å². The van der Waals surface area contributed by atoms with Crippen LogP contribution in [0.25, 0.3) is 0 Å². The zero-order valence-corrected chi connectivity index (χ0v) is 9.00. The first-order valence-corrected chi connectivity index (χ1v) is 4.77. The second-order valence-corrected chi connectivity index (χ2v) is 4.36. The van der Waals surface area contributed by atoms with E-state index >= 15 is 0 Å². The Labute approximate surface area is 75.7 Å². The second kappa shape index (κ2) is 4.22. The molecule has 0 fully saturated rings. The van der Waals surface area contributed by atoms with Gasteiger partial charge in [-0.25, -0.2) is 4.39 Å². The summed E-state index contributed by atoms with van der Waals surface area (Å²) >= 11 is 0. The number of nitrogens with one attached hydrogen (secondary N) is 1. The molecule has 0 heterocycles. The van der Waals surface area contributed by atoms with Gasteiger partial charge in [0.1, 0.15) is 5.67 Å². The van der Waals surface area contributed by atoms with Gasteiger partial charge in [-0.2, -0.15) is 0 Å². The molecule has 0 aromatic rings. The van der Waals surface area contributed by atoms with E-state index < -0.39 is 5.67 Å². The van der Waals surface area contributed by atoms with E-state index in [1.807, 2.05) is 6.92 Å². The Morgan fingerprint density at radius 2 is 1.58 bits per heavy atom. The highest BCUT2D eigenvalue weighted by Crippen LogP contribution is 2.15. The summed E-state index contributed by atoms with van der Waals surface area (Å²) in [5.41, 5.74) is -1.00. The van der Waals surface area contributed by atoms with Crippen molar-refractivity contribution in [1.82, 2.24) is 5.32 Å². The van der Waals surface area contributed by atoms with Crippen LogP contribution in [-0.2, 0) is 0 Å². The van der Waals surface area contributed by atoms with Crippen molar-refractivity contribution >= 4 is 0 Å². The van der Waals surface area contributed by atoms with Crippen molar-refractivity contribution in [2.75, 3.05) is 6.54 Å². The average Bonchev–Trinajstić information content (AvgIpc) is 2.02. The van der Waals surface area contributed by atoms with Gasteiger partial charge in [0.15, 0.2) is 0 Å². The highest BCUT2D eigenvalue weighted by atomic mass is 19.1. The molecule has 1 atom stereocenters. The minimum absolute atomic E-state index is 0.0581. The normalized spacial score (nSPS) is 17.5. The van der Waals surface area contributed by atoms with E-state index in [-0.39, 0.29) is 5.54 Å². The molecule has 12 heavy (non-hydrogen) atoms. The molecule has 0 amide bonds. The Kier molecular flexibility index (Phi) is 4.18. The van der Waals surface area contributed by atoms with E-state index in [4.69, 9.17) is 0 Å². The van der Waals surface area contributed by atoms with Gasteiger partial charge < -0.3 is 5.32 Å². The summed E-state index contributed by atoms with van der Waals surface area (Å²) in [6.07, 6.45) is 1.59. The first kappa shape index (κ1) is 11.9. The smallest absolute Gasteiger partial charge is 0.120 e. The molecule has 0 bridgehead atoms. The maximum Gasteiger partial charge on any atom is 0.120 e. The SMILES string of the molecule is CCC(C)(F)CNC(C)(C)CC. The predicted molar refractivity (Wildman–Crippen MR) is 52.2 cm³/mol. The Hall–Kier alpha value is -0.110. The van der Waals surface area contributed by atoms with Crippen LogP contribution < -0.4 is 5.32 Å². The Bertz CT molecular complexity index is 114. The van der Waals surface area contributed by atoms with Crippen molar-refractivity contribution in [3.05, 3.63) is 0 Å². The lowest BCUT2D eigenvalue weighted by Crippen LogP contribution is -2.45. The Morgan fingerprint density at radius 1 is 1.08 bits per heavy atom. The van der Waals surface area contributed by atoms with E-state index in [2.05, 4.69) is 26.1 Å². The molecular formula is C10H22FN. The lowest BCUT2D eigenvalue weighted by molar-refractivity contribution is 0.159. The van der Waals surface area contributed by atoms with Gasteiger partial charge in [0.05, 0.1) is 0 Å². The van der Waals surface area contributed by atoms with Crippen LogP contribution in [0.4, 0.5) is 4.39 Å². The van der Waals surface area contributed by atoms with Gasteiger partial charge in [-0.3, -0.25) is 0 Å². The van der Waals surface area contributed by atoms with Crippen LogP contribution in [-0.4, -0.2) is 17.8 Å². The third-order valence-electron chi connectivity index (χ3n) is 2.56.